The van der Waals surface area contributed by atoms with Gasteiger partial charge in [0.25, 0.3) is 0 Å². The smallest absolute Gasteiger partial charge is 0.325 e. The van der Waals surface area contributed by atoms with Crippen LogP contribution < -0.4 is 11.1 Å². The highest BCUT2D eigenvalue weighted by Gasteiger charge is 2.28. The number of carboxylic acids is 2. The van der Waals surface area contributed by atoms with Gasteiger partial charge in [-0.15, -0.1) is 0 Å². The molecule has 6 heteroatoms. The SMILES string of the molecule is CC(C)C[C@](C)(N)C(=O)O.C[C@H](Nc1cccc2ccccc12)C(=O)O. The highest BCUT2D eigenvalue weighted by Crippen LogP contribution is 2.23. The summed E-state index contributed by atoms with van der Waals surface area (Å²) in [7, 11) is 0. The zero-order valence-electron chi connectivity index (χ0n) is 15.7. The van der Waals surface area contributed by atoms with Crippen molar-refractivity contribution in [2.24, 2.45) is 11.7 Å². The lowest BCUT2D eigenvalue weighted by molar-refractivity contribution is -0.143. The predicted molar refractivity (Wildman–Crippen MR) is 104 cm³/mol. The van der Waals surface area contributed by atoms with Gasteiger partial charge in [0.1, 0.15) is 11.6 Å². The first-order chi connectivity index (χ1) is 12.0. The van der Waals surface area contributed by atoms with Crippen molar-refractivity contribution in [3.8, 4) is 0 Å². The molecule has 0 aromatic heterocycles. The molecule has 0 amide bonds. The average Bonchev–Trinajstić information content (AvgIpc) is 2.54. The van der Waals surface area contributed by atoms with Crippen LogP contribution in [-0.2, 0) is 9.59 Å². The lowest BCUT2D eigenvalue weighted by atomic mass is 9.92. The molecule has 0 saturated carbocycles. The van der Waals surface area contributed by atoms with E-state index in [1.807, 2.05) is 56.3 Å². The van der Waals surface area contributed by atoms with E-state index in [-0.39, 0.29) is 0 Å². The third kappa shape index (κ3) is 6.37. The maximum absolute atomic E-state index is 10.8. The highest BCUT2D eigenvalue weighted by atomic mass is 16.4. The Kier molecular flexibility index (Phi) is 7.58. The van der Waals surface area contributed by atoms with Gasteiger partial charge in [-0.1, -0.05) is 50.2 Å². The number of hydrogen-bond acceptors (Lipinski definition) is 4. The van der Waals surface area contributed by atoms with Crippen molar-refractivity contribution in [3.63, 3.8) is 0 Å². The number of rotatable bonds is 6. The van der Waals surface area contributed by atoms with Gasteiger partial charge < -0.3 is 21.3 Å². The number of carbonyl (C=O) groups is 2. The molecule has 0 unspecified atom stereocenters. The monoisotopic (exact) mass is 360 g/mol. The summed E-state index contributed by atoms with van der Waals surface area (Å²) in [6.07, 6.45) is 0.516. The molecule has 0 saturated heterocycles. The molecule has 142 valence electrons. The molecule has 2 rings (SSSR count). The van der Waals surface area contributed by atoms with Crippen LogP contribution >= 0.6 is 0 Å². The molecule has 0 bridgehead atoms. The quantitative estimate of drug-likeness (QED) is 0.626. The Morgan fingerprint density at radius 1 is 1.08 bits per heavy atom. The third-order valence-electron chi connectivity index (χ3n) is 3.85. The number of hydrogen-bond donors (Lipinski definition) is 4. The number of nitrogens with two attached hydrogens (primary N) is 1. The number of fused-ring (bicyclic) bond motifs is 1. The van der Waals surface area contributed by atoms with E-state index in [0.29, 0.717) is 12.3 Å². The van der Waals surface area contributed by atoms with Gasteiger partial charge in [-0.3, -0.25) is 9.59 Å². The van der Waals surface area contributed by atoms with Gasteiger partial charge in [-0.05, 0) is 37.6 Å². The summed E-state index contributed by atoms with van der Waals surface area (Å²) in [4.78, 5) is 21.2. The molecule has 26 heavy (non-hydrogen) atoms. The first-order valence-electron chi connectivity index (χ1n) is 8.54. The standard InChI is InChI=1S/C13H13NO2.C7H15NO2/c1-9(13(15)16)14-12-8-4-6-10-5-2-3-7-11(10)12;1-5(2)4-7(3,8)6(9)10/h2-9,14H,1H3,(H,15,16);5H,4,8H2,1-3H3,(H,9,10)/t9-;7-/m00/s1. The summed E-state index contributed by atoms with van der Waals surface area (Å²) in [6, 6.07) is 13.1. The molecule has 2 aromatic rings. The molecule has 0 aliphatic rings. The normalized spacial score (nSPS) is 14.1. The molecule has 6 nitrogen and oxygen atoms in total. The molecule has 0 spiro atoms. The molecule has 0 aliphatic carbocycles. The van der Waals surface area contributed by atoms with Crippen LogP contribution in [0, 0.1) is 5.92 Å². The summed E-state index contributed by atoms with van der Waals surface area (Å²) < 4.78 is 0. The lowest BCUT2D eigenvalue weighted by Gasteiger charge is -2.20. The topological polar surface area (TPSA) is 113 Å². The Balaban J connectivity index is 0.000000294. The van der Waals surface area contributed by atoms with Gasteiger partial charge in [-0.25, -0.2) is 0 Å². The van der Waals surface area contributed by atoms with Gasteiger partial charge in [0.2, 0.25) is 0 Å². The zero-order valence-corrected chi connectivity index (χ0v) is 15.7. The highest BCUT2D eigenvalue weighted by molar-refractivity contribution is 5.95. The summed E-state index contributed by atoms with van der Waals surface area (Å²) in [5.41, 5.74) is 5.25. The Bertz CT molecular complexity index is 751. The largest absolute Gasteiger partial charge is 0.480 e. The van der Waals surface area contributed by atoms with E-state index >= 15 is 0 Å². The summed E-state index contributed by atoms with van der Waals surface area (Å²) in [5, 5.41) is 22.5. The number of carboxylic acid groups (broad SMARTS) is 2. The molecular weight excluding hydrogens is 332 g/mol. The average molecular weight is 360 g/mol. The third-order valence-corrected chi connectivity index (χ3v) is 3.85. The number of anilines is 1. The van der Waals surface area contributed by atoms with E-state index in [1.54, 1.807) is 6.92 Å². The van der Waals surface area contributed by atoms with Crippen LogP contribution in [0.1, 0.15) is 34.1 Å². The van der Waals surface area contributed by atoms with E-state index in [0.717, 1.165) is 16.5 Å². The maximum atomic E-state index is 10.8. The second-order valence-electron chi connectivity index (χ2n) is 7.05. The van der Waals surface area contributed by atoms with Crippen molar-refractivity contribution in [3.05, 3.63) is 42.5 Å². The minimum absolute atomic E-state index is 0.325. The Hall–Kier alpha value is -2.60. The molecule has 2 atom stereocenters. The molecule has 0 heterocycles. The molecular formula is C20H28N2O4. The lowest BCUT2D eigenvalue weighted by Crippen LogP contribution is -2.45. The van der Waals surface area contributed by atoms with Gasteiger partial charge in [0.15, 0.2) is 0 Å². The first kappa shape index (κ1) is 21.4. The number of benzene rings is 2. The minimum atomic E-state index is -1.06. The second kappa shape index (κ2) is 9.20. The minimum Gasteiger partial charge on any atom is -0.480 e. The van der Waals surface area contributed by atoms with Gasteiger partial charge >= 0.3 is 11.9 Å². The van der Waals surface area contributed by atoms with Gasteiger partial charge in [0.05, 0.1) is 0 Å². The van der Waals surface area contributed by atoms with E-state index in [4.69, 9.17) is 15.9 Å². The summed E-state index contributed by atoms with van der Waals surface area (Å²) in [6.45, 7) is 7.07. The number of aliphatic carboxylic acids is 2. The van der Waals surface area contributed by atoms with E-state index in [2.05, 4.69) is 5.32 Å². The maximum Gasteiger partial charge on any atom is 0.325 e. The molecule has 0 radical (unpaired) electrons. The Morgan fingerprint density at radius 3 is 2.15 bits per heavy atom. The molecule has 0 fully saturated rings. The summed E-state index contributed by atoms with van der Waals surface area (Å²) >= 11 is 0. The van der Waals surface area contributed by atoms with Crippen molar-refractivity contribution in [2.45, 2.75) is 45.7 Å². The van der Waals surface area contributed by atoms with Crippen molar-refractivity contribution >= 4 is 28.4 Å². The van der Waals surface area contributed by atoms with Crippen LogP contribution in [0.2, 0.25) is 0 Å². The van der Waals surface area contributed by atoms with Gasteiger partial charge in [0, 0.05) is 11.1 Å². The van der Waals surface area contributed by atoms with Crippen LogP contribution in [0.15, 0.2) is 42.5 Å². The second-order valence-corrected chi connectivity index (χ2v) is 7.05. The summed E-state index contributed by atoms with van der Waals surface area (Å²) in [5.74, 6) is -1.46. The number of nitrogens with one attached hydrogen (secondary N) is 1. The van der Waals surface area contributed by atoms with Crippen LogP contribution in [0.3, 0.4) is 0 Å². The van der Waals surface area contributed by atoms with Crippen LogP contribution in [0.25, 0.3) is 10.8 Å². The van der Waals surface area contributed by atoms with Gasteiger partial charge in [-0.2, -0.15) is 0 Å². The van der Waals surface area contributed by atoms with E-state index in [1.165, 1.54) is 6.92 Å². The fraction of sp³-hybridized carbons (Fsp3) is 0.400. The molecule has 0 aliphatic heterocycles. The fourth-order valence-electron chi connectivity index (χ4n) is 2.58. The van der Waals surface area contributed by atoms with Crippen molar-refractivity contribution in [1.82, 2.24) is 0 Å². The zero-order chi connectivity index (χ0) is 19.9. The van der Waals surface area contributed by atoms with E-state index < -0.39 is 23.5 Å². The van der Waals surface area contributed by atoms with Crippen LogP contribution in [0.5, 0.6) is 0 Å². The van der Waals surface area contributed by atoms with E-state index in [9.17, 15) is 9.59 Å². The van der Waals surface area contributed by atoms with Crippen molar-refractivity contribution < 1.29 is 19.8 Å². The van der Waals surface area contributed by atoms with Crippen molar-refractivity contribution in [1.29, 1.82) is 0 Å². The molecule has 2 aromatic carbocycles. The first-order valence-corrected chi connectivity index (χ1v) is 8.54. The predicted octanol–water partition coefficient (Wildman–Crippen LogP) is 3.56. The molecule has 5 N–H and O–H groups in total. The Morgan fingerprint density at radius 2 is 1.65 bits per heavy atom. The Labute approximate surface area is 154 Å². The van der Waals surface area contributed by atoms with Crippen LogP contribution in [-0.4, -0.2) is 33.7 Å². The van der Waals surface area contributed by atoms with Crippen molar-refractivity contribution in [2.75, 3.05) is 5.32 Å². The van der Waals surface area contributed by atoms with Crippen LogP contribution in [0.4, 0.5) is 5.69 Å². The fourth-order valence-corrected chi connectivity index (χ4v) is 2.58.